The largest absolute Gasteiger partial charge is 0.496 e. The van der Waals surface area contributed by atoms with Crippen molar-refractivity contribution in [2.24, 2.45) is 0 Å². The smallest absolute Gasteiger partial charge is 0.151 e. The molecule has 140 valence electrons. The van der Waals surface area contributed by atoms with Crippen LogP contribution >= 0.6 is 0 Å². The lowest BCUT2D eigenvalue weighted by atomic mass is 10.1. The number of para-hydroxylation sites is 4. The van der Waals surface area contributed by atoms with Gasteiger partial charge in [0.05, 0.1) is 32.7 Å². The Morgan fingerprint density at radius 3 is 1.63 bits per heavy atom. The first-order valence-electron chi connectivity index (χ1n) is 8.23. The fourth-order valence-corrected chi connectivity index (χ4v) is 3.15. The molecule has 0 saturated heterocycles. The van der Waals surface area contributed by atoms with E-state index in [0.29, 0.717) is 17.2 Å². The molecule has 0 N–H and O–H groups in total. The third-order valence-corrected chi connectivity index (χ3v) is 4.34. The third kappa shape index (κ3) is 3.01. The van der Waals surface area contributed by atoms with Gasteiger partial charge < -0.3 is 18.9 Å². The van der Waals surface area contributed by atoms with Gasteiger partial charge in [-0.25, -0.2) is 0 Å². The predicted octanol–water partition coefficient (Wildman–Crippen LogP) is 5.92. The number of hydrogen-bond donors (Lipinski definition) is 0. The molecule has 0 spiro atoms. The summed E-state index contributed by atoms with van der Waals surface area (Å²) in [7, 11) is 4.89. The highest BCUT2D eigenvalue weighted by Gasteiger charge is 2.30. The van der Waals surface area contributed by atoms with Gasteiger partial charge >= 0.3 is 0 Å². The van der Waals surface area contributed by atoms with E-state index in [1.165, 1.54) is 0 Å². The van der Waals surface area contributed by atoms with Crippen LogP contribution in [0, 0.1) is 0 Å². The number of benzene rings is 3. The Bertz CT molecular complexity index is 884. The Morgan fingerprint density at radius 1 is 0.704 bits per heavy atom. The topological polar surface area (TPSA) is 40.2 Å². The quantitative estimate of drug-likeness (QED) is 0.449. The molecule has 5 heteroatoms. The van der Waals surface area contributed by atoms with Gasteiger partial charge in [0.15, 0.2) is 11.5 Å². The predicted molar refractivity (Wildman–Crippen MR) is 108 cm³/mol. The van der Waals surface area contributed by atoms with Crippen molar-refractivity contribution in [2.45, 2.75) is 7.43 Å². The Morgan fingerprint density at radius 2 is 1.19 bits per heavy atom. The zero-order chi connectivity index (χ0) is 18.1. The van der Waals surface area contributed by atoms with Crippen LogP contribution in [0.5, 0.6) is 28.7 Å². The second kappa shape index (κ2) is 7.50. The minimum Gasteiger partial charge on any atom is -0.496 e. The van der Waals surface area contributed by atoms with Crippen LogP contribution in [0.15, 0.2) is 60.7 Å². The summed E-state index contributed by atoms with van der Waals surface area (Å²) in [4.78, 5) is 2.09. The minimum absolute atomic E-state index is 0. The molecule has 27 heavy (non-hydrogen) atoms. The average molecular weight is 365 g/mol. The zero-order valence-electron chi connectivity index (χ0n) is 14.9. The summed E-state index contributed by atoms with van der Waals surface area (Å²) in [5, 5.41) is 0. The van der Waals surface area contributed by atoms with E-state index >= 15 is 0 Å². The average Bonchev–Trinajstić information content (AvgIpc) is 2.71. The highest BCUT2D eigenvalue weighted by molar-refractivity contribution is 5.91. The molecule has 1 heterocycles. The Balaban J connectivity index is 0.00000210. The molecule has 1 aliphatic rings. The van der Waals surface area contributed by atoms with Crippen LogP contribution in [-0.4, -0.2) is 21.3 Å². The number of rotatable bonds is 4. The van der Waals surface area contributed by atoms with Gasteiger partial charge in [-0.1, -0.05) is 31.7 Å². The number of fused-ring (bicyclic) bond motifs is 2. The standard InChI is InChI=1S/C21H19NO4.CH4/c1-23-14-12-19(24-2)21(20(13-14)25-3)22-15-8-4-6-10-17(15)26-18-11-7-5-9-16(18)22;/h4-13H,1-3H3;1H4. The normalized spacial score (nSPS) is 11.4. The molecule has 5 nitrogen and oxygen atoms in total. The van der Waals surface area contributed by atoms with Gasteiger partial charge in [-0.2, -0.15) is 0 Å². The molecular formula is C22H23NO4. The third-order valence-electron chi connectivity index (χ3n) is 4.34. The van der Waals surface area contributed by atoms with Crippen molar-refractivity contribution in [3.8, 4) is 28.7 Å². The van der Waals surface area contributed by atoms with Crippen LogP contribution in [0.1, 0.15) is 7.43 Å². The fourth-order valence-electron chi connectivity index (χ4n) is 3.15. The maximum Gasteiger partial charge on any atom is 0.151 e. The molecule has 0 aromatic heterocycles. The van der Waals surface area contributed by atoms with Gasteiger partial charge in [-0.3, -0.25) is 4.90 Å². The number of ether oxygens (including phenoxy) is 4. The summed E-state index contributed by atoms with van der Waals surface area (Å²) in [5.41, 5.74) is 2.61. The van der Waals surface area contributed by atoms with Crippen molar-refractivity contribution in [3.05, 3.63) is 60.7 Å². The second-order valence-electron chi connectivity index (χ2n) is 5.75. The molecule has 1 aliphatic heterocycles. The Labute approximate surface area is 159 Å². The molecule has 0 aliphatic carbocycles. The lowest BCUT2D eigenvalue weighted by Crippen LogP contribution is -2.17. The molecule has 0 radical (unpaired) electrons. The summed E-state index contributed by atoms with van der Waals surface area (Å²) in [6.45, 7) is 0. The highest BCUT2D eigenvalue weighted by Crippen LogP contribution is 2.55. The lowest BCUT2D eigenvalue weighted by molar-refractivity contribution is 0.376. The van der Waals surface area contributed by atoms with Crippen molar-refractivity contribution in [2.75, 3.05) is 26.2 Å². The van der Waals surface area contributed by atoms with Gasteiger partial charge in [-0.15, -0.1) is 0 Å². The van der Waals surface area contributed by atoms with Gasteiger partial charge in [0.25, 0.3) is 0 Å². The van der Waals surface area contributed by atoms with E-state index in [9.17, 15) is 0 Å². The number of hydrogen-bond acceptors (Lipinski definition) is 5. The van der Waals surface area contributed by atoms with Crippen LogP contribution in [0.2, 0.25) is 0 Å². The molecule has 0 amide bonds. The number of methoxy groups -OCH3 is 3. The Hall–Kier alpha value is -3.34. The second-order valence-corrected chi connectivity index (χ2v) is 5.75. The van der Waals surface area contributed by atoms with E-state index in [0.717, 1.165) is 28.6 Å². The monoisotopic (exact) mass is 365 g/mol. The lowest BCUT2D eigenvalue weighted by Gasteiger charge is -2.34. The summed E-state index contributed by atoms with van der Waals surface area (Å²) in [6, 6.07) is 19.5. The molecule has 4 rings (SSSR count). The van der Waals surface area contributed by atoms with E-state index in [1.807, 2.05) is 60.7 Å². The molecular weight excluding hydrogens is 342 g/mol. The molecule has 0 unspecified atom stereocenters. The fraction of sp³-hybridized carbons (Fsp3) is 0.182. The zero-order valence-corrected chi connectivity index (χ0v) is 14.9. The SMILES string of the molecule is C.COc1cc(OC)c(N2c3ccccc3Oc3ccccc32)c(OC)c1. The van der Waals surface area contributed by atoms with Crippen molar-refractivity contribution >= 4 is 17.1 Å². The van der Waals surface area contributed by atoms with Gasteiger partial charge in [0.1, 0.15) is 22.9 Å². The molecule has 0 saturated carbocycles. The van der Waals surface area contributed by atoms with Crippen LogP contribution in [-0.2, 0) is 0 Å². The van der Waals surface area contributed by atoms with Crippen LogP contribution in [0.4, 0.5) is 17.1 Å². The summed E-state index contributed by atoms with van der Waals surface area (Å²) >= 11 is 0. The van der Waals surface area contributed by atoms with Crippen molar-refractivity contribution in [1.82, 2.24) is 0 Å². The molecule has 0 atom stereocenters. The highest BCUT2D eigenvalue weighted by atomic mass is 16.5. The number of anilines is 3. The number of nitrogens with zero attached hydrogens (tertiary/aromatic N) is 1. The van der Waals surface area contributed by atoms with Crippen molar-refractivity contribution in [1.29, 1.82) is 0 Å². The maximum atomic E-state index is 6.07. The van der Waals surface area contributed by atoms with Crippen molar-refractivity contribution < 1.29 is 18.9 Å². The van der Waals surface area contributed by atoms with E-state index in [2.05, 4.69) is 4.90 Å². The van der Waals surface area contributed by atoms with E-state index in [-0.39, 0.29) is 7.43 Å². The van der Waals surface area contributed by atoms with Crippen LogP contribution in [0.25, 0.3) is 0 Å². The Kier molecular flexibility index (Phi) is 5.12. The minimum atomic E-state index is 0. The van der Waals surface area contributed by atoms with Gasteiger partial charge in [0, 0.05) is 12.1 Å². The van der Waals surface area contributed by atoms with E-state index in [4.69, 9.17) is 18.9 Å². The van der Waals surface area contributed by atoms with Crippen LogP contribution < -0.4 is 23.8 Å². The van der Waals surface area contributed by atoms with Crippen molar-refractivity contribution in [3.63, 3.8) is 0 Å². The molecule has 3 aromatic carbocycles. The summed E-state index contributed by atoms with van der Waals surface area (Å²) in [5.74, 6) is 3.50. The first-order valence-corrected chi connectivity index (χ1v) is 8.23. The van der Waals surface area contributed by atoms with Crippen LogP contribution in [0.3, 0.4) is 0 Å². The summed E-state index contributed by atoms with van der Waals surface area (Å²) < 4.78 is 22.8. The van der Waals surface area contributed by atoms with E-state index in [1.54, 1.807) is 21.3 Å². The van der Waals surface area contributed by atoms with Gasteiger partial charge in [-0.05, 0) is 24.3 Å². The van der Waals surface area contributed by atoms with Gasteiger partial charge in [0.2, 0.25) is 0 Å². The first kappa shape index (κ1) is 18.5. The summed E-state index contributed by atoms with van der Waals surface area (Å²) in [6.07, 6.45) is 0. The molecule has 3 aromatic rings. The first-order chi connectivity index (χ1) is 12.8. The maximum absolute atomic E-state index is 6.07. The van der Waals surface area contributed by atoms with E-state index < -0.39 is 0 Å². The molecule has 0 bridgehead atoms. The molecule has 0 fully saturated rings.